The van der Waals surface area contributed by atoms with Gasteiger partial charge in [-0.25, -0.2) is 10.0 Å². The predicted octanol–water partition coefficient (Wildman–Crippen LogP) is 0.243. The van der Waals surface area contributed by atoms with Crippen LogP contribution in [0.2, 0.25) is 0 Å². The summed E-state index contributed by atoms with van der Waals surface area (Å²) in [5, 5.41) is 7.25. The first-order valence-electron chi connectivity index (χ1n) is 4.96. The van der Waals surface area contributed by atoms with Crippen LogP contribution in [0, 0.1) is 0 Å². The van der Waals surface area contributed by atoms with Gasteiger partial charge in [0.05, 0.1) is 14.2 Å². The Morgan fingerprint density at radius 1 is 0.500 bits per heavy atom. The maximum atomic E-state index is 4.58. The molecule has 0 aromatic carbocycles. The van der Waals surface area contributed by atoms with Crippen LogP contribution < -0.4 is 0 Å². The maximum absolute atomic E-state index is 4.58. The van der Waals surface area contributed by atoms with Crippen LogP contribution in [0.5, 0.6) is 0 Å². The third kappa shape index (κ3) is 37.2. The van der Waals surface area contributed by atoms with Crippen LogP contribution in [0.4, 0.5) is 0 Å². The van der Waals surface area contributed by atoms with E-state index >= 15 is 0 Å². The van der Waals surface area contributed by atoms with Crippen molar-refractivity contribution in [2.24, 2.45) is 0 Å². The summed E-state index contributed by atoms with van der Waals surface area (Å²) < 4.78 is 0. The third-order valence-electron chi connectivity index (χ3n) is 1.53. The lowest BCUT2D eigenvalue weighted by Gasteiger charge is -2.17. The molecule has 0 rings (SSSR count). The molecule has 0 N–H and O–H groups in total. The van der Waals surface area contributed by atoms with Crippen molar-refractivity contribution < 1.29 is 9.68 Å². The molecule has 0 fully saturated rings. The molecule has 0 aromatic heterocycles. The second kappa shape index (κ2) is 14.8. The fourth-order valence-corrected chi connectivity index (χ4v) is 0. The van der Waals surface area contributed by atoms with Crippen LogP contribution in [0.3, 0.4) is 0 Å². The van der Waals surface area contributed by atoms with E-state index in [1.807, 2.05) is 66.4 Å². The largest absolute Gasteiger partial charge is 0.303 e. The Hall–Kier alpha value is -0.240. The minimum atomic E-state index is 1.62. The molecule has 6 nitrogen and oxygen atoms in total. The molecule has 0 radical (unpaired) electrons. The Morgan fingerprint density at radius 3 is 0.625 bits per heavy atom. The van der Waals surface area contributed by atoms with E-state index in [1.54, 1.807) is 24.3 Å². The van der Waals surface area contributed by atoms with Gasteiger partial charge in [-0.1, -0.05) is 0 Å². The molecule has 0 saturated carbocycles. The second-order valence-corrected chi connectivity index (χ2v) is 3.68. The van der Waals surface area contributed by atoms with Crippen molar-refractivity contribution in [3.05, 3.63) is 0 Å². The summed E-state index contributed by atoms with van der Waals surface area (Å²) in [6.45, 7) is 0. The van der Waals surface area contributed by atoms with E-state index in [-0.39, 0.29) is 0 Å². The number of hydrazine groups is 1. The molecule has 0 bridgehead atoms. The zero-order valence-electron chi connectivity index (χ0n) is 12.6. The smallest absolute Gasteiger partial charge is 0.0574 e. The van der Waals surface area contributed by atoms with Gasteiger partial charge in [0.25, 0.3) is 0 Å². The van der Waals surface area contributed by atoms with Gasteiger partial charge in [0, 0.05) is 56.4 Å². The summed E-state index contributed by atoms with van der Waals surface area (Å²) in [6, 6.07) is 0. The second-order valence-electron chi connectivity index (χ2n) is 3.68. The summed E-state index contributed by atoms with van der Waals surface area (Å²) in [5.41, 5.74) is 0. The first-order valence-corrected chi connectivity index (χ1v) is 4.96. The Balaban J connectivity index is -0.000000160. The maximum Gasteiger partial charge on any atom is 0.0574 e. The lowest BCUT2D eigenvalue weighted by molar-refractivity contribution is -0.0856. The van der Waals surface area contributed by atoms with Crippen LogP contribution >= 0.6 is 0 Å². The van der Waals surface area contributed by atoms with Crippen LogP contribution in [0.15, 0.2) is 0 Å². The van der Waals surface area contributed by atoms with E-state index in [2.05, 4.69) is 9.68 Å². The number of nitrogens with zero attached hydrogens (tertiary/aromatic N) is 4. The minimum Gasteiger partial charge on any atom is -0.303 e. The van der Waals surface area contributed by atoms with Crippen molar-refractivity contribution in [3.8, 4) is 0 Å². The van der Waals surface area contributed by atoms with E-state index in [0.29, 0.717) is 0 Å². The normalized spacial score (nSPS) is 10.1. The predicted molar refractivity (Wildman–Crippen MR) is 68.8 cm³/mol. The summed E-state index contributed by atoms with van der Waals surface area (Å²) in [4.78, 5) is 9.17. The molecule has 16 heavy (non-hydrogen) atoms. The highest BCUT2D eigenvalue weighted by atomic mass is 16.7. The van der Waals surface area contributed by atoms with Crippen LogP contribution in [0.25, 0.3) is 0 Å². The highest BCUT2D eigenvalue weighted by Gasteiger charge is 1.84. The first kappa shape index (κ1) is 21.1. The van der Waals surface area contributed by atoms with E-state index in [0.717, 1.165) is 0 Å². The van der Waals surface area contributed by atoms with E-state index in [9.17, 15) is 0 Å². The highest BCUT2D eigenvalue weighted by Crippen LogP contribution is 1.72. The molecule has 0 unspecified atom stereocenters. The fraction of sp³-hybridized carbons (Fsp3) is 1.00. The molecular weight excluding hydrogens is 208 g/mol. The monoisotopic (exact) mass is 238 g/mol. The molecule has 0 aliphatic carbocycles. The van der Waals surface area contributed by atoms with E-state index in [1.165, 1.54) is 0 Å². The van der Waals surface area contributed by atoms with E-state index in [4.69, 9.17) is 0 Å². The summed E-state index contributed by atoms with van der Waals surface area (Å²) in [7, 11) is 18.6. The lowest BCUT2D eigenvalue weighted by Crippen LogP contribution is -2.28. The summed E-state index contributed by atoms with van der Waals surface area (Å²) >= 11 is 0. The standard InChI is InChI=1S/C4H12N2.2C3H9NO/c1-5(2)6(3)4;2*1-4(2)5-3/h1-4H3;2*1-3H3. The molecule has 0 heterocycles. The van der Waals surface area contributed by atoms with Crippen molar-refractivity contribution in [1.82, 2.24) is 20.1 Å². The molecule has 0 amide bonds. The lowest BCUT2D eigenvalue weighted by atomic mass is 11.0. The van der Waals surface area contributed by atoms with Gasteiger partial charge < -0.3 is 9.68 Å². The Morgan fingerprint density at radius 2 is 0.625 bits per heavy atom. The van der Waals surface area contributed by atoms with Crippen molar-refractivity contribution in [2.45, 2.75) is 0 Å². The average molecular weight is 238 g/mol. The average Bonchev–Trinajstić information content (AvgIpc) is 2.19. The van der Waals surface area contributed by atoms with Gasteiger partial charge in [0.15, 0.2) is 0 Å². The van der Waals surface area contributed by atoms with Crippen LogP contribution in [0.1, 0.15) is 0 Å². The number of rotatable bonds is 3. The number of hydroxylamine groups is 4. The summed E-state index contributed by atoms with van der Waals surface area (Å²) in [6.07, 6.45) is 0. The van der Waals surface area contributed by atoms with Crippen LogP contribution in [-0.4, -0.2) is 90.7 Å². The van der Waals surface area contributed by atoms with Gasteiger partial charge in [-0.05, 0) is 0 Å². The third-order valence-corrected chi connectivity index (χ3v) is 1.53. The van der Waals surface area contributed by atoms with Gasteiger partial charge >= 0.3 is 0 Å². The van der Waals surface area contributed by atoms with E-state index < -0.39 is 0 Å². The quantitative estimate of drug-likeness (QED) is 0.655. The van der Waals surface area contributed by atoms with Crippen molar-refractivity contribution >= 4 is 0 Å². The van der Waals surface area contributed by atoms with Crippen molar-refractivity contribution in [3.63, 3.8) is 0 Å². The van der Waals surface area contributed by atoms with Gasteiger partial charge in [-0.15, -0.1) is 0 Å². The Kier molecular flexibility index (Phi) is 19.5. The fourth-order valence-electron chi connectivity index (χ4n) is 0. The highest BCUT2D eigenvalue weighted by molar-refractivity contribution is 4.21. The Bertz CT molecular complexity index is 105. The molecule has 6 heteroatoms. The van der Waals surface area contributed by atoms with Crippen LogP contribution in [-0.2, 0) is 9.68 Å². The molecular formula is C10H30N4O2. The number of hydrogen-bond donors (Lipinski definition) is 0. The molecule has 0 atom stereocenters. The van der Waals surface area contributed by atoms with Crippen molar-refractivity contribution in [2.75, 3.05) is 70.6 Å². The SMILES string of the molecule is CN(C)N(C)C.CON(C)C.CON(C)C. The van der Waals surface area contributed by atoms with Gasteiger partial charge in [-0.3, -0.25) is 0 Å². The first-order chi connectivity index (χ1) is 7.18. The molecule has 0 aromatic rings. The van der Waals surface area contributed by atoms with Crippen molar-refractivity contribution in [1.29, 1.82) is 0 Å². The zero-order chi connectivity index (χ0) is 13.7. The molecule has 0 aliphatic heterocycles. The zero-order valence-corrected chi connectivity index (χ0v) is 12.6. The van der Waals surface area contributed by atoms with Gasteiger partial charge in [0.1, 0.15) is 0 Å². The van der Waals surface area contributed by atoms with Gasteiger partial charge in [0.2, 0.25) is 0 Å². The summed E-state index contributed by atoms with van der Waals surface area (Å²) in [5.74, 6) is 0. The Labute approximate surface area is 101 Å². The molecule has 102 valence electrons. The minimum absolute atomic E-state index is 1.62. The number of hydrogen-bond acceptors (Lipinski definition) is 6. The molecule has 0 aliphatic rings. The van der Waals surface area contributed by atoms with Gasteiger partial charge in [-0.2, -0.15) is 10.1 Å². The molecule has 0 saturated heterocycles. The molecule has 0 spiro atoms. The topological polar surface area (TPSA) is 31.4 Å².